The van der Waals surface area contributed by atoms with Crippen LogP contribution in [0.5, 0.6) is 0 Å². The van der Waals surface area contributed by atoms with E-state index < -0.39 is 0 Å². The van der Waals surface area contributed by atoms with Gasteiger partial charge in [-0.2, -0.15) is 0 Å². The van der Waals surface area contributed by atoms with Gasteiger partial charge in [-0.3, -0.25) is 9.36 Å². The zero-order chi connectivity index (χ0) is 14.5. The number of aromatic nitrogens is 2. The Labute approximate surface area is 118 Å². The third kappa shape index (κ3) is 3.57. The van der Waals surface area contributed by atoms with E-state index in [9.17, 15) is 4.79 Å². The topological polar surface area (TPSA) is 60.1 Å². The van der Waals surface area contributed by atoms with E-state index in [1.807, 2.05) is 26.0 Å². The van der Waals surface area contributed by atoms with Crippen LogP contribution in [0.1, 0.15) is 36.4 Å². The molecule has 0 radical (unpaired) electrons. The average Bonchev–Trinajstić information content (AvgIpc) is 2.82. The molecule has 0 bridgehead atoms. The van der Waals surface area contributed by atoms with E-state index in [1.54, 1.807) is 10.6 Å². The minimum absolute atomic E-state index is 0.0444. The molecule has 2 aromatic rings. The van der Waals surface area contributed by atoms with E-state index in [4.69, 9.17) is 4.42 Å². The molecule has 1 N–H and O–H groups in total. The second-order valence-corrected chi connectivity index (χ2v) is 4.91. The first-order valence-electron chi connectivity index (χ1n) is 6.93. The third-order valence-corrected chi connectivity index (χ3v) is 3.08. The lowest BCUT2D eigenvalue weighted by atomic mass is 10.3. The average molecular weight is 275 g/mol. The number of furan rings is 1. The van der Waals surface area contributed by atoms with Crippen molar-refractivity contribution in [1.82, 2.24) is 14.9 Å². The lowest BCUT2D eigenvalue weighted by molar-refractivity contribution is 0.433. The van der Waals surface area contributed by atoms with Crippen LogP contribution in [0.3, 0.4) is 0 Å². The molecule has 0 aliphatic rings. The molecule has 0 aromatic carbocycles. The van der Waals surface area contributed by atoms with Crippen molar-refractivity contribution < 1.29 is 4.42 Å². The summed E-state index contributed by atoms with van der Waals surface area (Å²) in [4.78, 5) is 16.3. The standard InChI is InChI=1S/C15H21N3O2/c1-4-7-16-9-13-5-6-14(20-13)10-18-12(3)17-11(2)8-15(18)19/h5-6,8,16H,4,7,9-10H2,1-3H3. The summed E-state index contributed by atoms with van der Waals surface area (Å²) in [6.45, 7) is 7.89. The quantitative estimate of drug-likeness (QED) is 0.819. The number of rotatable bonds is 6. The van der Waals surface area contributed by atoms with Gasteiger partial charge >= 0.3 is 0 Å². The molecule has 0 fully saturated rings. The summed E-state index contributed by atoms with van der Waals surface area (Å²) >= 11 is 0. The van der Waals surface area contributed by atoms with Crippen molar-refractivity contribution in [3.63, 3.8) is 0 Å². The Morgan fingerprint density at radius 1 is 1.30 bits per heavy atom. The van der Waals surface area contributed by atoms with Gasteiger partial charge in [-0.05, 0) is 38.9 Å². The summed E-state index contributed by atoms with van der Waals surface area (Å²) in [6, 6.07) is 5.40. The van der Waals surface area contributed by atoms with E-state index >= 15 is 0 Å². The minimum Gasteiger partial charge on any atom is -0.463 e. The zero-order valence-electron chi connectivity index (χ0n) is 12.3. The van der Waals surface area contributed by atoms with Gasteiger partial charge in [0.05, 0.1) is 13.1 Å². The molecule has 0 aliphatic carbocycles. The fourth-order valence-corrected chi connectivity index (χ4v) is 2.10. The fraction of sp³-hybridized carbons (Fsp3) is 0.467. The van der Waals surface area contributed by atoms with Crippen LogP contribution in [-0.2, 0) is 13.1 Å². The predicted octanol–water partition coefficient (Wildman–Crippen LogP) is 2.00. The smallest absolute Gasteiger partial charge is 0.254 e. The molecular weight excluding hydrogens is 254 g/mol. The van der Waals surface area contributed by atoms with Crippen molar-refractivity contribution >= 4 is 0 Å². The van der Waals surface area contributed by atoms with Gasteiger partial charge in [0.2, 0.25) is 0 Å². The van der Waals surface area contributed by atoms with Crippen LogP contribution >= 0.6 is 0 Å². The van der Waals surface area contributed by atoms with Gasteiger partial charge in [0, 0.05) is 11.8 Å². The third-order valence-electron chi connectivity index (χ3n) is 3.08. The van der Waals surface area contributed by atoms with Crippen molar-refractivity contribution in [2.24, 2.45) is 0 Å². The van der Waals surface area contributed by atoms with Gasteiger partial charge < -0.3 is 9.73 Å². The first-order chi connectivity index (χ1) is 9.60. The molecule has 0 aliphatic heterocycles. The molecule has 5 heteroatoms. The SMILES string of the molecule is CCCNCc1ccc(Cn2c(C)nc(C)cc2=O)o1. The molecule has 0 spiro atoms. The molecule has 0 saturated heterocycles. The van der Waals surface area contributed by atoms with Crippen LogP contribution < -0.4 is 10.9 Å². The number of hydrogen-bond donors (Lipinski definition) is 1. The predicted molar refractivity (Wildman–Crippen MR) is 77.8 cm³/mol. The molecule has 0 atom stereocenters. The molecule has 2 aromatic heterocycles. The minimum atomic E-state index is -0.0444. The fourth-order valence-electron chi connectivity index (χ4n) is 2.10. The van der Waals surface area contributed by atoms with Crippen LogP contribution in [0, 0.1) is 13.8 Å². The normalized spacial score (nSPS) is 10.9. The van der Waals surface area contributed by atoms with Gasteiger partial charge in [-0.1, -0.05) is 6.92 Å². The largest absolute Gasteiger partial charge is 0.463 e. The molecule has 0 unspecified atom stereocenters. The lowest BCUT2D eigenvalue weighted by Crippen LogP contribution is -2.23. The highest BCUT2D eigenvalue weighted by atomic mass is 16.3. The van der Waals surface area contributed by atoms with E-state index in [1.165, 1.54) is 0 Å². The molecule has 0 saturated carbocycles. The van der Waals surface area contributed by atoms with Gasteiger partial charge in [-0.25, -0.2) is 4.98 Å². The van der Waals surface area contributed by atoms with Crippen molar-refractivity contribution in [1.29, 1.82) is 0 Å². The summed E-state index contributed by atoms with van der Waals surface area (Å²) in [5.74, 6) is 2.37. The van der Waals surface area contributed by atoms with Crippen molar-refractivity contribution in [2.75, 3.05) is 6.54 Å². The Morgan fingerprint density at radius 3 is 2.75 bits per heavy atom. The van der Waals surface area contributed by atoms with E-state index in [-0.39, 0.29) is 5.56 Å². The van der Waals surface area contributed by atoms with Gasteiger partial charge in [0.1, 0.15) is 17.3 Å². The van der Waals surface area contributed by atoms with Crippen LogP contribution in [0.2, 0.25) is 0 Å². The second-order valence-electron chi connectivity index (χ2n) is 4.91. The first-order valence-corrected chi connectivity index (χ1v) is 6.93. The Bertz CT molecular complexity index is 628. The molecule has 20 heavy (non-hydrogen) atoms. The van der Waals surface area contributed by atoms with Crippen LogP contribution in [0.15, 0.2) is 27.4 Å². The number of nitrogens with zero attached hydrogens (tertiary/aromatic N) is 2. The molecule has 5 nitrogen and oxygen atoms in total. The van der Waals surface area contributed by atoms with Crippen LogP contribution in [0.25, 0.3) is 0 Å². The lowest BCUT2D eigenvalue weighted by Gasteiger charge is -2.07. The number of hydrogen-bond acceptors (Lipinski definition) is 4. The van der Waals surface area contributed by atoms with E-state index in [0.717, 1.165) is 30.2 Å². The molecule has 108 valence electrons. The highest BCUT2D eigenvalue weighted by Gasteiger charge is 2.07. The van der Waals surface area contributed by atoms with Crippen molar-refractivity contribution in [2.45, 2.75) is 40.3 Å². The molecule has 0 amide bonds. The Balaban J connectivity index is 2.09. The summed E-state index contributed by atoms with van der Waals surface area (Å²) in [5, 5.41) is 3.28. The maximum absolute atomic E-state index is 12.0. The van der Waals surface area contributed by atoms with Gasteiger partial charge in [0.25, 0.3) is 5.56 Å². The summed E-state index contributed by atoms with van der Waals surface area (Å²) in [6.07, 6.45) is 1.09. The molecule has 2 rings (SSSR count). The van der Waals surface area contributed by atoms with Crippen LogP contribution in [-0.4, -0.2) is 16.1 Å². The van der Waals surface area contributed by atoms with Gasteiger partial charge in [-0.15, -0.1) is 0 Å². The maximum atomic E-state index is 12.0. The zero-order valence-corrected chi connectivity index (χ0v) is 12.3. The highest BCUT2D eigenvalue weighted by Crippen LogP contribution is 2.09. The Kier molecular flexibility index (Phi) is 4.74. The summed E-state index contributed by atoms with van der Waals surface area (Å²) in [7, 11) is 0. The molecule has 2 heterocycles. The van der Waals surface area contributed by atoms with E-state index in [2.05, 4.69) is 17.2 Å². The highest BCUT2D eigenvalue weighted by molar-refractivity contribution is 5.09. The summed E-state index contributed by atoms with van der Waals surface area (Å²) in [5.41, 5.74) is 0.699. The van der Waals surface area contributed by atoms with Crippen molar-refractivity contribution in [3.05, 3.63) is 51.6 Å². The van der Waals surface area contributed by atoms with Crippen LogP contribution in [0.4, 0.5) is 0 Å². The second kappa shape index (κ2) is 6.52. The Morgan fingerprint density at radius 2 is 2.05 bits per heavy atom. The van der Waals surface area contributed by atoms with Crippen molar-refractivity contribution in [3.8, 4) is 0 Å². The maximum Gasteiger partial charge on any atom is 0.254 e. The number of nitrogens with one attached hydrogen (secondary N) is 1. The Hall–Kier alpha value is -1.88. The monoisotopic (exact) mass is 275 g/mol. The van der Waals surface area contributed by atoms with Gasteiger partial charge in [0.15, 0.2) is 0 Å². The number of aryl methyl sites for hydroxylation is 2. The van der Waals surface area contributed by atoms with E-state index in [0.29, 0.717) is 18.9 Å². The molecular formula is C15H21N3O2. The summed E-state index contributed by atoms with van der Waals surface area (Å²) < 4.78 is 7.34. The first kappa shape index (κ1) is 14.5.